The molecule has 0 fully saturated rings. The van der Waals surface area contributed by atoms with E-state index in [0.29, 0.717) is 13.2 Å². The number of para-hydroxylation sites is 1. The Kier molecular flexibility index (Phi) is 4.20. The predicted molar refractivity (Wildman–Crippen MR) is 71.7 cm³/mol. The fourth-order valence-corrected chi connectivity index (χ4v) is 2.29. The van der Waals surface area contributed by atoms with Gasteiger partial charge in [0.15, 0.2) is 0 Å². The van der Waals surface area contributed by atoms with Crippen molar-refractivity contribution in [2.75, 3.05) is 32.1 Å². The molecule has 0 saturated heterocycles. The molecule has 0 aromatic heterocycles. The van der Waals surface area contributed by atoms with E-state index >= 15 is 0 Å². The van der Waals surface area contributed by atoms with Gasteiger partial charge in [-0.25, -0.2) is 0 Å². The van der Waals surface area contributed by atoms with Crippen LogP contribution in [-0.2, 0) is 16.0 Å². The Bertz CT molecular complexity index is 395. The summed E-state index contributed by atoms with van der Waals surface area (Å²) < 4.78 is 5.03. The maximum atomic E-state index is 12.4. The fourth-order valence-electron chi connectivity index (χ4n) is 2.29. The van der Waals surface area contributed by atoms with E-state index in [9.17, 15) is 4.79 Å². The highest BCUT2D eigenvalue weighted by molar-refractivity contribution is 5.87. The molecule has 98 valence electrons. The number of methoxy groups -OCH3 is 1. The van der Waals surface area contributed by atoms with E-state index in [1.54, 1.807) is 7.11 Å². The molecule has 0 radical (unpaired) electrons. The molecule has 1 aliphatic rings. The number of hydrogen-bond donors (Lipinski definition) is 1. The molecule has 1 N–H and O–H groups in total. The largest absolute Gasteiger partial charge is 0.383 e. The van der Waals surface area contributed by atoms with Gasteiger partial charge in [-0.05, 0) is 18.6 Å². The highest BCUT2D eigenvalue weighted by Gasteiger charge is 2.29. The van der Waals surface area contributed by atoms with E-state index in [1.807, 2.05) is 30.0 Å². The first-order valence-electron chi connectivity index (χ1n) is 6.38. The van der Waals surface area contributed by atoms with Crippen LogP contribution in [0.15, 0.2) is 24.3 Å². The number of anilines is 1. The minimum absolute atomic E-state index is 0.126. The summed E-state index contributed by atoms with van der Waals surface area (Å²) in [5, 5.41) is 3.29. The number of carbonyl (C=O) groups excluding carboxylic acids is 1. The lowest BCUT2D eigenvalue weighted by Crippen LogP contribution is -2.43. The molecule has 4 heteroatoms. The van der Waals surface area contributed by atoms with Crippen molar-refractivity contribution in [3.8, 4) is 0 Å². The van der Waals surface area contributed by atoms with Crippen molar-refractivity contribution in [1.29, 1.82) is 0 Å². The molecule has 1 aromatic rings. The van der Waals surface area contributed by atoms with E-state index in [2.05, 4.69) is 11.4 Å². The number of amides is 1. The summed E-state index contributed by atoms with van der Waals surface area (Å²) in [6, 6.07) is 7.96. The lowest BCUT2D eigenvalue weighted by atomic mass is 10.1. The van der Waals surface area contributed by atoms with Gasteiger partial charge in [-0.1, -0.05) is 18.2 Å². The number of carbonyl (C=O) groups is 1. The van der Waals surface area contributed by atoms with Gasteiger partial charge in [-0.3, -0.25) is 4.79 Å². The summed E-state index contributed by atoms with van der Waals surface area (Å²) in [7, 11) is 1.65. The van der Waals surface area contributed by atoms with Crippen molar-refractivity contribution < 1.29 is 9.53 Å². The van der Waals surface area contributed by atoms with E-state index < -0.39 is 0 Å². The fraction of sp³-hybridized carbons (Fsp3) is 0.500. The third-order valence-corrected chi connectivity index (χ3v) is 3.33. The number of nitrogens with zero attached hydrogens (tertiary/aromatic N) is 1. The minimum Gasteiger partial charge on any atom is -0.383 e. The van der Waals surface area contributed by atoms with Crippen LogP contribution in [0.1, 0.15) is 12.5 Å². The van der Waals surface area contributed by atoms with Crippen molar-refractivity contribution in [3.63, 3.8) is 0 Å². The van der Waals surface area contributed by atoms with E-state index in [4.69, 9.17) is 4.74 Å². The number of rotatable bonds is 5. The van der Waals surface area contributed by atoms with Crippen LogP contribution >= 0.6 is 0 Å². The summed E-state index contributed by atoms with van der Waals surface area (Å²) in [5.41, 5.74) is 2.30. The highest BCUT2D eigenvalue weighted by atomic mass is 16.5. The second-order valence-corrected chi connectivity index (χ2v) is 4.47. The quantitative estimate of drug-likeness (QED) is 0.859. The van der Waals surface area contributed by atoms with Crippen LogP contribution in [0.3, 0.4) is 0 Å². The monoisotopic (exact) mass is 248 g/mol. The van der Waals surface area contributed by atoms with Crippen molar-refractivity contribution in [2.45, 2.75) is 19.4 Å². The van der Waals surface area contributed by atoms with Gasteiger partial charge in [0, 0.05) is 32.3 Å². The minimum atomic E-state index is -0.126. The van der Waals surface area contributed by atoms with Gasteiger partial charge in [-0.15, -0.1) is 0 Å². The Morgan fingerprint density at radius 2 is 2.28 bits per heavy atom. The molecule has 1 aromatic carbocycles. The maximum absolute atomic E-state index is 12.4. The first kappa shape index (κ1) is 12.9. The van der Waals surface area contributed by atoms with Crippen molar-refractivity contribution >= 4 is 11.6 Å². The molecule has 0 saturated carbocycles. The zero-order valence-corrected chi connectivity index (χ0v) is 11.0. The van der Waals surface area contributed by atoms with Gasteiger partial charge < -0.3 is 15.0 Å². The molecule has 2 rings (SSSR count). The second-order valence-electron chi connectivity index (χ2n) is 4.47. The normalized spacial score (nSPS) is 17.1. The summed E-state index contributed by atoms with van der Waals surface area (Å²) in [5.74, 6) is 0.158. The summed E-state index contributed by atoms with van der Waals surface area (Å²) in [6.45, 7) is 3.95. The van der Waals surface area contributed by atoms with Crippen LogP contribution in [-0.4, -0.2) is 43.7 Å². The van der Waals surface area contributed by atoms with E-state index in [-0.39, 0.29) is 11.9 Å². The van der Waals surface area contributed by atoms with E-state index in [0.717, 1.165) is 18.7 Å². The van der Waals surface area contributed by atoms with Gasteiger partial charge in [0.25, 0.3) is 0 Å². The third-order valence-electron chi connectivity index (χ3n) is 3.33. The van der Waals surface area contributed by atoms with Crippen molar-refractivity contribution in [2.24, 2.45) is 0 Å². The van der Waals surface area contributed by atoms with Crippen LogP contribution in [0.4, 0.5) is 5.69 Å². The summed E-state index contributed by atoms with van der Waals surface area (Å²) in [6.07, 6.45) is 0.776. The Hall–Kier alpha value is -1.55. The number of hydrogen-bond acceptors (Lipinski definition) is 3. The topological polar surface area (TPSA) is 41.6 Å². The average Bonchev–Trinajstić information content (AvgIpc) is 2.83. The van der Waals surface area contributed by atoms with Gasteiger partial charge in [0.05, 0.1) is 6.61 Å². The molecule has 1 atom stereocenters. The highest BCUT2D eigenvalue weighted by Crippen LogP contribution is 2.25. The summed E-state index contributed by atoms with van der Waals surface area (Å²) in [4.78, 5) is 14.2. The number of nitrogens with one attached hydrogen (secondary N) is 1. The SMILES string of the molecule is CCN(CCOC)C(=O)[C@@H]1Cc2ccccc2N1. The Balaban J connectivity index is 1.99. The van der Waals surface area contributed by atoms with E-state index in [1.165, 1.54) is 5.56 Å². The molecule has 18 heavy (non-hydrogen) atoms. The molecular formula is C14H20N2O2. The third kappa shape index (κ3) is 2.64. The molecule has 4 nitrogen and oxygen atoms in total. The summed E-state index contributed by atoms with van der Waals surface area (Å²) >= 11 is 0. The van der Waals surface area contributed by atoms with Crippen LogP contribution in [0.2, 0.25) is 0 Å². The molecule has 0 unspecified atom stereocenters. The van der Waals surface area contributed by atoms with Gasteiger partial charge in [-0.2, -0.15) is 0 Å². The number of ether oxygens (including phenoxy) is 1. The van der Waals surface area contributed by atoms with Crippen molar-refractivity contribution in [1.82, 2.24) is 4.90 Å². The number of benzene rings is 1. The van der Waals surface area contributed by atoms with Gasteiger partial charge in [0.1, 0.15) is 6.04 Å². The van der Waals surface area contributed by atoms with Crippen molar-refractivity contribution in [3.05, 3.63) is 29.8 Å². The molecular weight excluding hydrogens is 228 g/mol. The van der Waals surface area contributed by atoms with Crippen LogP contribution in [0.25, 0.3) is 0 Å². The lowest BCUT2D eigenvalue weighted by molar-refractivity contribution is -0.132. The average molecular weight is 248 g/mol. The maximum Gasteiger partial charge on any atom is 0.245 e. The smallest absolute Gasteiger partial charge is 0.245 e. The molecule has 0 aliphatic carbocycles. The first-order chi connectivity index (χ1) is 8.76. The molecule has 0 spiro atoms. The zero-order chi connectivity index (χ0) is 13.0. The molecule has 1 heterocycles. The van der Waals surface area contributed by atoms with Crippen LogP contribution in [0.5, 0.6) is 0 Å². The number of likely N-dealkylation sites (N-methyl/N-ethyl adjacent to an activating group) is 1. The predicted octanol–water partition coefficient (Wildman–Crippen LogP) is 1.52. The zero-order valence-electron chi connectivity index (χ0n) is 11.0. The Labute approximate surface area is 108 Å². The van der Waals surface area contributed by atoms with Gasteiger partial charge >= 0.3 is 0 Å². The van der Waals surface area contributed by atoms with Crippen LogP contribution < -0.4 is 5.32 Å². The molecule has 1 aliphatic heterocycles. The Morgan fingerprint density at radius 1 is 1.50 bits per heavy atom. The van der Waals surface area contributed by atoms with Crippen LogP contribution in [0, 0.1) is 0 Å². The standard InChI is InChI=1S/C14H20N2O2/c1-3-16(8-9-18-2)14(17)13-10-11-6-4-5-7-12(11)15-13/h4-7,13,15H,3,8-10H2,1-2H3/t13-/m0/s1. The first-order valence-corrected chi connectivity index (χ1v) is 6.38. The number of fused-ring (bicyclic) bond motifs is 1. The molecule has 1 amide bonds. The Morgan fingerprint density at radius 3 is 2.94 bits per heavy atom. The van der Waals surface area contributed by atoms with Gasteiger partial charge in [0.2, 0.25) is 5.91 Å². The lowest BCUT2D eigenvalue weighted by Gasteiger charge is -2.24. The molecule has 0 bridgehead atoms. The second kappa shape index (κ2) is 5.87.